The van der Waals surface area contributed by atoms with Gasteiger partial charge in [-0.15, -0.1) is 0 Å². The van der Waals surface area contributed by atoms with E-state index in [1.807, 2.05) is 0 Å². The fourth-order valence-electron chi connectivity index (χ4n) is 2.91. The molecule has 0 amide bonds. The van der Waals surface area contributed by atoms with Gasteiger partial charge in [0.15, 0.2) is 5.96 Å². The minimum absolute atomic E-state index is 0.167. The van der Waals surface area contributed by atoms with Crippen molar-refractivity contribution in [1.82, 2.24) is 10.6 Å². The predicted molar refractivity (Wildman–Crippen MR) is 96.7 cm³/mol. The van der Waals surface area contributed by atoms with Gasteiger partial charge in [-0.2, -0.15) is 0 Å². The van der Waals surface area contributed by atoms with Crippen molar-refractivity contribution in [2.45, 2.75) is 52.2 Å². The SMILES string of the molecule is CCNC(=NCC1CCCOC1c1ccccc1)NC(C)CC. The number of rotatable bonds is 6. The van der Waals surface area contributed by atoms with Crippen LogP contribution in [0.1, 0.15) is 51.7 Å². The van der Waals surface area contributed by atoms with Gasteiger partial charge in [-0.1, -0.05) is 37.3 Å². The summed E-state index contributed by atoms with van der Waals surface area (Å²) in [6.07, 6.45) is 3.55. The molecule has 1 heterocycles. The first-order valence-corrected chi connectivity index (χ1v) is 8.96. The molecule has 4 heteroatoms. The smallest absolute Gasteiger partial charge is 0.191 e. The van der Waals surface area contributed by atoms with Crippen molar-refractivity contribution in [3.63, 3.8) is 0 Å². The van der Waals surface area contributed by atoms with Gasteiger partial charge in [0, 0.05) is 31.7 Å². The summed E-state index contributed by atoms with van der Waals surface area (Å²) < 4.78 is 6.06. The fraction of sp³-hybridized carbons (Fsp3) is 0.632. The normalized spacial score (nSPS) is 23.3. The molecule has 2 rings (SSSR count). The van der Waals surface area contributed by atoms with E-state index in [2.05, 4.69) is 61.7 Å². The van der Waals surface area contributed by atoms with Crippen molar-refractivity contribution in [2.75, 3.05) is 19.7 Å². The highest BCUT2D eigenvalue weighted by Crippen LogP contribution is 2.33. The Balaban J connectivity index is 2.03. The third-order valence-electron chi connectivity index (χ3n) is 4.40. The lowest BCUT2D eigenvalue weighted by Crippen LogP contribution is -2.42. The molecule has 0 saturated carbocycles. The molecular formula is C19H31N3O. The number of guanidine groups is 1. The Hall–Kier alpha value is -1.55. The zero-order valence-electron chi connectivity index (χ0n) is 14.7. The minimum atomic E-state index is 0.167. The monoisotopic (exact) mass is 317 g/mol. The zero-order chi connectivity index (χ0) is 16.5. The number of ether oxygens (including phenoxy) is 1. The van der Waals surface area contributed by atoms with E-state index >= 15 is 0 Å². The first-order valence-electron chi connectivity index (χ1n) is 8.96. The van der Waals surface area contributed by atoms with E-state index in [-0.39, 0.29) is 6.10 Å². The summed E-state index contributed by atoms with van der Waals surface area (Å²) in [5.74, 6) is 1.36. The summed E-state index contributed by atoms with van der Waals surface area (Å²) in [5.41, 5.74) is 1.27. The van der Waals surface area contributed by atoms with Crippen molar-refractivity contribution in [2.24, 2.45) is 10.9 Å². The van der Waals surface area contributed by atoms with Gasteiger partial charge >= 0.3 is 0 Å². The number of nitrogens with one attached hydrogen (secondary N) is 2. The average Bonchev–Trinajstić information content (AvgIpc) is 2.60. The molecular weight excluding hydrogens is 286 g/mol. The summed E-state index contributed by atoms with van der Waals surface area (Å²) in [6.45, 7) is 9.00. The third-order valence-corrected chi connectivity index (χ3v) is 4.40. The van der Waals surface area contributed by atoms with E-state index in [1.54, 1.807) is 0 Å². The Morgan fingerprint density at radius 3 is 2.78 bits per heavy atom. The van der Waals surface area contributed by atoms with E-state index in [0.717, 1.165) is 38.5 Å². The number of nitrogens with zero attached hydrogens (tertiary/aromatic N) is 1. The highest BCUT2D eigenvalue weighted by Gasteiger charge is 2.27. The predicted octanol–water partition coefficient (Wildman–Crippen LogP) is 3.51. The Morgan fingerprint density at radius 1 is 1.30 bits per heavy atom. The number of aliphatic imine (C=N–C) groups is 1. The number of benzene rings is 1. The highest BCUT2D eigenvalue weighted by molar-refractivity contribution is 5.80. The molecule has 1 aromatic carbocycles. The van der Waals surface area contributed by atoms with Crippen LogP contribution in [0.15, 0.2) is 35.3 Å². The van der Waals surface area contributed by atoms with Crippen molar-refractivity contribution in [3.8, 4) is 0 Å². The van der Waals surface area contributed by atoms with Crippen molar-refractivity contribution in [3.05, 3.63) is 35.9 Å². The van der Waals surface area contributed by atoms with Gasteiger partial charge in [-0.25, -0.2) is 0 Å². The summed E-state index contributed by atoms with van der Waals surface area (Å²) in [4.78, 5) is 4.82. The maximum absolute atomic E-state index is 6.06. The molecule has 128 valence electrons. The summed E-state index contributed by atoms with van der Waals surface area (Å²) in [7, 11) is 0. The van der Waals surface area contributed by atoms with Crippen LogP contribution in [-0.4, -0.2) is 31.7 Å². The largest absolute Gasteiger partial charge is 0.373 e. The summed E-state index contributed by atoms with van der Waals surface area (Å²) in [6, 6.07) is 11.0. The Morgan fingerprint density at radius 2 is 2.09 bits per heavy atom. The van der Waals surface area contributed by atoms with Crippen LogP contribution in [0.3, 0.4) is 0 Å². The van der Waals surface area contributed by atoms with Crippen LogP contribution >= 0.6 is 0 Å². The zero-order valence-corrected chi connectivity index (χ0v) is 14.7. The molecule has 23 heavy (non-hydrogen) atoms. The van der Waals surface area contributed by atoms with Crippen LogP contribution in [0.5, 0.6) is 0 Å². The average molecular weight is 317 g/mol. The second kappa shape index (κ2) is 9.56. The molecule has 0 bridgehead atoms. The van der Waals surface area contributed by atoms with E-state index in [1.165, 1.54) is 12.0 Å². The van der Waals surface area contributed by atoms with Gasteiger partial charge in [-0.05, 0) is 38.7 Å². The topological polar surface area (TPSA) is 45.7 Å². The van der Waals surface area contributed by atoms with Gasteiger partial charge in [0.1, 0.15) is 0 Å². The Bertz CT molecular complexity index is 475. The Labute approximate surface area is 140 Å². The molecule has 3 atom stereocenters. The lowest BCUT2D eigenvalue weighted by molar-refractivity contribution is -0.0250. The summed E-state index contributed by atoms with van der Waals surface area (Å²) in [5, 5.41) is 6.80. The van der Waals surface area contributed by atoms with E-state index in [0.29, 0.717) is 12.0 Å². The molecule has 1 fully saturated rings. The molecule has 1 aliphatic rings. The maximum atomic E-state index is 6.06. The molecule has 1 aromatic rings. The van der Waals surface area contributed by atoms with Crippen LogP contribution in [-0.2, 0) is 4.74 Å². The van der Waals surface area contributed by atoms with Gasteiger partial charge in [0.2, 0.25) is 0 Å². The van der Waals surface area contributed by atoms with Crippen LogP contribution < -0.4 is 10.6 Å². The first-order chi connectivity index (χ1) is 11.2. The number of hydrogen-bond acceptors (Lipinski definition) is 2. The molecule has 4 nitrogen and oxygen atoms in total. The minimum Gasteiger partial charge on any atom is -0.373 e. The maximum Gasteiger partial charge on any atom is 0.191 e. The van der Waals surface area contributed by atoms with Gasteiger partial charge < -0.3 is 15.4 Å². The van der Waals surface area contributed by atoms with Crippen molar-refractivity contribution >= 4 is 5.96 Å². The highest BCUT2D eigenvalue weighted by atomic mass is 16.5. The first kappa shape index (κ1) is 17.8. The van der Waals surface area contributed by atoms with Crippen LogP contribution in [0.25, 0.3) is 0 Å². The van der Waals surface area contributed by atoms with Crippen molar-refractivity contribution in [1.29, 1.82) is 0 Å². The lowest BCUT2D eigenvalue weighted by atomic mass is 9.89. The van der Waals surface area contributed by atoms with Crippen LogP contribution in [0, 0.1) is 5.92 Å². The summed E-state index contributed by atoms with van der Waals surface area (Å²) >= 11 is 0. The Kier molecular flexibility index (Phi) is 7.40. The second-order valence-corrected chi connectivity index (χ2v) is 6.28. The fourth-order valence-corrected chi connectivity index (χ4v) is 2.91. The third kappa shape index (κ3) is 5.54. The van der Waals surface area contributed by atoms with Crippen molar-refractivity contribution < 1.29 is 4.74 Å². The molecule has 0 spiro atoms. The van der Waals surface area contributed by atoms with Gasteiger partial charge in [0.25, 0.3) is 0 Å². The molecule has 1 saturated heterocycles. The van der Waals surface area contributed by atoms with Gasteiger partial charge in [0.05, 0.1) is 6.10 Å². The lowest BCUT2D eigenvalue weighted by Gasteiger charge is -2.31. The van der Waals surface area contributed by atoms with E-state index in [9.17, 15) is 0 Å². The van der Waals surface area contributed by atoms with Gasteiger partial charge in [-0.3, -0.25) is 4.99 Å². The standard InChI is InChI=1S/C19H31N3O/c1-4-15(3)22-19(20-5-2)21-14-17-12-9-13-23-18(17)16-10-7-6-8-11-16/h6-8,10-11,15,17-18H,4-5,9,12-14H2,1-3H3,(H2,20,21,22). The molecule has 0 aliphatic carbocycles. The quantitative estimate of drug-likeness (QED) is 0.623. The second-order valence-electron chi connectivity index (χ2n) is 6.28. The molecule has 0 radical (unpaired) electrons. The molecule has 3 unspecified atom stereocenters. The van der Waals surface area contributed by atoms with E-state index in [4.69, 9.17) is 9.73 Å². The van der Waals surface area contributed by atoms with Crippen LogP contribution in [0.4, 0.5) is 0 Å². The molecule has 1 aliphatic heterocycles. The molecule has 0 aromatic heterocycles. The van der Waals surface area contributed by atoms with E-state index < -0.39 is 0 Å². The number of hydrogen-bond donors (Lipinski definition) is 2. The van der Waals surface area contributed by atoms with Crippen LogP contribution in [0.2, 0.25) is 0 Å². The molecule has 2 N–H and O–H groups in total.